The number of benzene rings is 1. The topological polar surface area (TPSA) is 20.3 Å². The Kier molecular flexibility index (Phi) is 4.73. The van der Waals surface area contributed by atoms with E-state index in [-0.39, 0.29) is 11.2 Å². The highest BCUT2D eigenvalue weighted by Gasteiger charge is 2.45. The van der Waals surface area contributed by atoms with Crippen molar-refractivity contribution in [2.75, 3.05) is 19.6 Å². The zero-order valence-corrected chi connectivity index (χ0v) is 15.0. The molecule has 138 valence electrons. The molecule has 1 aromatic rings. The van der Waals surface area contributed by atoms with Gasteiger partial charge in [0.15, 0.2) is 0 Å². The van der Waals surface area contributed by atoms with E-state index in [0.717, 1.165) is 38.2 Å². The van der Waals surface area contributed by atoms with Crippen molar-refractivity contribution in [2.24, 2.45) is 5.41 Å². The maximum absolute atomic E-state index is 12.9. The molecule has 2 fully saturated rings. The Morgan fingerprint density at radius 1 is 1.16 bits per heavy atom. The van der Waals surface area contributed by atoms with Gasteiger partial charge in [-0.05, 0) is 69.7 Å². The SMILES string of the molecule is CC(C)(C(=O)CCC1(CN2CCC2)CC1)c1cccc(C(F)(F)F)c1. The van der Waals surface area contributed by atoms with Crippen LogP contribution in [0.5, 0.6) is 0 Å². The van der Waals surface area contributed by atoms with E-state index >= 15 is 0 Å². The minimum atomic E-state index is -4.38. The summed E-state index contributed by atoms with van der Waals surface area (Å²) in [5.41, 5.74) is -0.865. The van der Waals surface area contributed by atoms with Gasteiger partial charge in [-0.25, -0.2) is 0 Å². The molecule has 0 atom stereocenters. The number of nitrogens with zero attached hydrogens (tertiary/aromatic N) is 1. The molecular formula is C20H26F3NO. The quantitative estimate of drug-likeness (QED) is 0.700. The van der Waals surface area contributed by atoms with Gasteiger partial charge >= 0.3 is 6.18 Å². The number of ketones is 1. The van der Waals surface area contributed by atoms with E-state index in [0.29, 0.717) is 12.0 Å². The number of carbonyl (C=O) groups excluding carboxylic acids is 1. The van der Waals surface area contributed by atoms with E-state index in [1.54, 1.807) is 19.9 Å². The van der Waals surface area contributed by atoms with Crippen molar-refractivity contribution in [2.45, 2.75) is 57.5 Å². The van der Waals surface area contributed by atoms with Gasteiger partial charge in [0.25, 0.3) is 0 Å². The van der Waals surface area contributed by atoms with Crippen LogP contribution in [0.3, 0.4) is 0 Å². The highest BCUT2D eigenvalue weighted by molar-refractivity contribution is 5.89. The molecule has 1 aromatic carbocycles. The van der Waals surface area contributed by atoms with E-state index in [1.165, 1.54) is 25.3 Å². The second kappa shape index (κ2) is 6.42. The summed E-state index contributed by atoms with van der Waals surface area (Å²) in [5.74, 6) is 0.0294. The predicted octanol–water partition coefficient (Wildman–Crippen LogP) is 4.82. The van der Waals surface area contributed by atoms with Crippen molar-refractivity contribution in [1.82, 2.24) is 4.90 Å². The van der Waals surface area contributed by atoms with Crippen LogP contribution in [0, 0.1) is 5.41 Å². The van der Waals surface area contributed by atoms with Gasteiger partial charge in [-0.1, -0.05) is 18.2 Å². The number of carbonyl (C=O) groups is 1. The van der Waals surface area contributed by atoms with Crippen LogP contribution in [-0.2, 0) is 16.4 Å². The number of hydrogen-bond donors (Lipinski definition) is 0. The van der Waals surface area contributed by atoms with Gasteiger partial charge in [0.1, 0.15) is 5.78 Å². The molecule has 0 radical (unpaired) electrons. The van der Waals surface area contributed by atoms with Crippen molar-refractivity contribution in [3.8, 4) is 0 Å². The lowest BCUT2D eigenvalue weighted by molar-refractivity contribution is -0.137. The molecule has 0 unspecified atom stereocenters. The fourth-order valence-corrected chi connectivity index (χ4v) is 3.61. The van der Waals surface area contributed by atoms with Gasteiger partial charge in [-0.15, -0.1) is 0 Å². The molecule has 1 saturated carbocycles. The molecule has 1 aliphatic carbocycles. The normalized spacial score (nSPS) is 20.2. The van der Waals surface area contributed by atoms with Crippen LogP contribution in [0.1, 0.15) is 57.1 Å². The first-order chi connectivity index (χ1) is 11.6. The lowest BCUT2D eigenvalue weighted by Gasteiger charge is -2.34. The Morgan fingerprint density at radius 2 is 1.80 bits per heavy atom. The molecule has 2 aliphatic rings. The maximum Gasteiger partial charge on any atom is 0.416 e. The zero-order valence-electron chi connectivity index (χ0n) is 15.0. The van der Waals surface area contributed by atoms with Crippen LogP contribution < -0.4 is 0 Å². The number of alkyl halides is 3. The fourth-order valence-electron chi connectivity index (χ4n) is 3.61. The largest absolute Gasteiger partial charge is 0.416 e. The van der Waals surface area contributed by atoms with E-state index < -0.39 is 17.2 Å². The molecule has 25 heavy (non-hydrogen) atoms. The first-order valence-corrected chi connectivity index (χ1v) is 9.06. The fraction of sp³-hybridized carbons (Fsp3) is 0.650. The summed E-state index contributed by atoms with van der Waals surface area (Å²) in [7, 11) is 0. The summed E-state index contributed by atoms with van der Waals surface area (Å²) in [6, 6.07) is 5.18. The molecule has 5 heteroatoms. The second-order valence-corrected chi connectivity index (χ2v) is 8.26. The monoisotopic (exact) mass is 353 g/mol. The van der Waals surface area contributed by atoms with Crippen LogP contribution in [0.2, 0.25) is 0 Å². The van der Waals surface area contributed by atoms with E-state index in [4.69, 9.17) is 0 Å². The molecule has 0 aromatic heterocycles. The van der Waals surface area contributed by atoms with Gasteiger partial charge in [0.05, 0.1) is 5.56 Å². The highest BCUT2D eigenvalue weighted by Crippen LogP contribution is 2.51. The number of Topliss-reactive ketones (excluding diaryl/α,β-unsaturated/α-hetero) is 1. The summed E-state index contributed by atoms with van der Waals surface area (Å²) < 4.78 is 38.8. The number of likely N-dealkylation sites (tertiary alicyclic amines) is 1. The standard InChI is InChI=1S/C20H26F3NO/c1-18(2,15-5-3-6-16(13-15)20(21,22)23)17(25)7-8-19(9-10-19)14-24-11-4-12-24/h3,5-6,13H,4,7-12,14H2,1-2H3. The number of rotatable bonds is 7. The van der Waals surface area contributed by atoms with Crippen LogP contribution in [0.15, 0.2) is 24.3 Å². The predicted molar refractivity (Wildman–Crippen MR) is 91.4 cm³/mol. The van der Waals surface area contributed by atoms with Crippen LogP contribution in [-0.4, -0.2) is 30.3 Å². The molecule has 2 nitrogen and oxygen atoms in total. The summed E-state index contributed by atoms with van der Waals surface area (Å²) in [6.45, 7) is 6.86. The molecule has 3 rings (SSSR count). The van der Waals surface area contributed by atoms with Gasteiger partial charge < -0.3 is 4.90 Å². The lowest BCUT2D eigenvalue weighted by atomic mass is 9.77. The third kappa shape index (κ3) is 4.08. The Morgan fingerprint density at radius 3 is 2.32 bits per heavy atom. The van der Waals surface area contributed by atoms with Crippen LogP contribution in [0.4, 0.5) is 13.2 Å². The lowest BCUT2D eigenvalue weighted by Crippen LogP contribution is -2.41. The van der Waals surface area contributed by atoms with E-state index in [9.17, 15) is 18.0 Å². The summed E-state index contributed by atoms with van der Waals surface area (Å²) in [6.07, 6.45) is 0.505. The molecule has 0 bridgehead atoms. The Labute approximate surface area is 147 Å². The van der Waals surface area contributed by atoms with Gasteiger partial charge in [-0.2, -0.15) is 13.2 Å². The van der Waals surface area contributed by atoms with Gasteiger partial charge in [-0.3, -0.25) is 4.79 Å². The van der Waals surface area contributed by atoms with Crippen LogP contribution in [0.25, 0.3) is 0 Å². The Bertz CT molecular complexity index is 643. The van der Waals surface area contributed by atoms with Gasteiger partial charge in [0, 0.05) is 18.4 Å². The highest BCUT2D eigenvalue weighted by atomic mass is 19.4. The van der Waals surface area contributed by atoms with Crippen molar-refractivity contribution in [3.63, 3.8) is 0 Å². The summed E-state index contributed by atoms with van der Waals surface area (Å²) in [4.78, 5) is 15.2. The molecule has 1 aliphatic heterocycles. The minimum absolute atomic E-state index is 0.0294. The number of halogens is 3. The summed E-state index contributed by atoms with van der Waals surface area (Å²) in [5, 5.41) is 0. The van der Waals surface area contributed by atoms with Gasteiger partial charge in [0.2, 0.25) is 0 Å². The molecule has 0 N–H and O–H groups in total. The molecular weight excluding hydrogens is 327 g/mol. The first kappa shape index (κ1) is 18.4. The number of hydrogen-bond acceptors (Lipinski definition) is 2. The zero-order chi connectivity index (χ0) is 18.3. The minimum Gasteiger partial charge on any atom is -0.303 e. The third-order valence-corrected chi connectivity index (χ3v) is 5.96. The van der Waals surface area contributed by atoms with Crippen molar-refractivity contribution < 1.29 is 18.0 Å². The molecule has 0 amide bonds. The van der Waals surface area contributed by atoms with E-state index in [2.05, 4.69) is 4.90 Å². The smallest absolute Gasteiger partial charge is 0.303 e. The average molecular weight is 353 g/mol. The average Bonchev–Trinajstić information content (AvgIpc) is 3.28. The summed E-state index contributed by atoms with van der Waals surface area (Å²) >= 11 is 0. The Balaban J connectivity index is 1.64. The first-order valence-electron chi connectivity index (χ1n) is 9.06. The third-order valence-electron chi connectivity index (χ3n) is 5.96. The molecule has 0 spiro atoms. The van der Waals surface area contributed by atoms with Crippen molar-refractivity contribution >= 4 is 5.78 Å². The van der Waals surface area contributed by atoms with E-state index in [1.807, 2.05) is 0 Å². The maximum atomic E-state index is 12.9. The molecule has 1 saturated heterocycles. The Hall–Kier alpha value is -1.36. The van der Waals surface area contributed by atoms with Crippen molar-refractivity contribution in [1.29, 1.82) is 0 Å². The van der Waals surface area contributed by atoms with Crippen LogP contribution >= 0.6 is 0 Å². The van der Waals surface area contributed by atoms with Crippen molar-refractivity contribution in [3.05, 3.63) is 35.4 Å². The second-order valence-electron chi connectivity index (χ2n) is 8.26. The molecule has 1 heterocycles.